The van der Waals surface area contributed by atoms with Gasteiger partial charge in [0.15, 0.2) is 0 Å². The third-order valence-corrected chi connectivity index (χ3v) is 7.47. The Morgan fingerprint density at radius 1 is 1.30 bits per heavy atom. The number of likely N-dealkylation sites (tertiary alicyclic amines) is 1. The molecule has 2 N–H and O–H groups in total. The molecule has 1 aromatic heterocycles. The molecule has 33 heavy (non-hydrogen) atoms. The number of carbonyl (C=O) groups is 1. The maximum absolute atomic E-state index is 13.6. The number of aryl methyl sites for hydroxylation is 1. The number of benzene rings is 1. The molecule has 2 aromatic rings. The number of amides is 1. The van der Waals surface area contributed by atoms with Gasteiger partial charge >= 0.3 is 0 Å². The second-order valence-corrected chi connectivity index (χ2v) is 11.6. The van der Waals surface area contributed by atoms with Gasteiger partial charge in [-0.3, -0.25) is 4.79 Å². The predicted octanol–water partition coefficient (Wildman–Crippen LogP) is 5.39. The zero-order chi connectivity index (χ0) is 24.3. The van der Waals surface area contributed by atoms with Gasteiger partial charge in [-0.25, -0.2) is 4.98 Å². The minimum atomic E-state index is -0.515. The third kappa shape index (κ3) is 6.24. The minimum Gasteiger partial charge on any atom is -0.391 e. The Balaban J connectivity index is 1.66. The van der Waals surface area contributed by atoms with Crippen LogP contribution in [0.5, 0.6) is 0 Å². The van der Waals surface area contributed by atoms with Crippen LogP contribution in [0, 0.1) is 24.2 Å². The molecule has 5 nitrogen and oxygen atoms in total. The van der Waals surface area contributed by atoms with E-state index in [0.717, 1.165) is 23.4 Å². The van der Waals surface area contributed by atoms with E-state index >= 15 is 0 Å². The first-order valence-corrected chi connectivity index (χ1v) is 12.8. The number of rotatable bonds is 8. The second-order valence-electron chi connectivity index (χ2n) is 10.8. The number of carbonyl (C=O) groups excluding carboxylic acids is 1. The van der Waals surface area contributed by atoms with Crippen LogP contribution in [0.25, 0.3) is 10.4 Å². The van der Waals surface area contributed by atoms with Crippen LogP contribution in [-0.2, 0) is 11.3 Å². The molecule has 2 heterocycles. The summed E-state index contributed by atoms with van der Waals surface area (Å²) in [5.74, 6) is 0.480. The molecule has 0 radical (unpaired) electrons. The number of aromatic nitrogens is 1. The lowest BCUT2D eigenvalue weighted by Gasteiger charge is -2.36. The van der Waals surface area contributed by atoms with Crippen molar-refractivity contribution in [3.63, 3.8) is 0 Å². The summed E-state index contributed by atoms with van der Waals surface area (Å²) in [5.41, 5.74) is 5.90. The number of hydrogen-bond acceptors (Lipinski definition) is 5. The molecule has 0 aliphatic carbocycles. The van der Waals surface area contributed by atoms with Gasteiger partial charge in [-0.05, 0) is 35.8 Å². The molecule has 3 rings (SSSR count). The van der Waals surface area contributed by atoms with Crippen molar-refractivity contribution in [1.82, 2.24) is 15.2 Å². The van der Waals surface area contributed by atoms with Crippen molar-refractivity contribution in [3.8, 4) is 10.4 Å². The van der Waals surface area contributed by atoms with Gasteiger partial charge in [0.05, 0.1) is 28.2 Å². The number of thiazole rings is 1. The van der Waals surface area contributed by atoms with Crippen molar-refractivity contribution < 1.29 is 9.90 Å². The standard InChI is InChI=1S/C27H39N3O2S/c1-17(2)12-23(27(5,6)7)26(32)30-15-22(31)13-24(30)18(3)28-14-20-8-10-21(11-9-20)25-19(4)29-16-33-25/h8-11,16-17,22-24,28,31H,3,12-15H2,1-2,4-7H3/t22-,23+,24-/m0/s1. The highest BCUT2D eigenvalue weighted by atomic mass is 32.1. The van der Waals surface area contributed by atoms with Crippen molar-refractivity contribution in [2.45, 2.75) is 73.1 Å². The van der Waals surface area contributed by atoms with Gasteiger partial charge in [0.2, 0.25) is 5.91 Å². The van der Waals surface area contributed by atoms with E-state index in [-0.39, 0.29) is 23.3 Å². The fourth-order valence-corrected chi connectivity index (χ4v) is 5.38. The smallest absolute Gasteiger partial charge is 0.226 e. The van der Waals surface area contributed by atoms with Crippen molar-refractivity contribution in [1.29, 1.82) is 0 Å². The van der Waals surface area contributed by atoms with Gasteiger partial charge in [0, 0.05) is 31.1 Å². The molecule has 0 spiro atoms. The number of β-amino-alcohol motifs (C(OH)–C–C–N with tert-alkyl or cyclic N) is 1. The van der Waals surface area contributed by atoms with Crippen LogP contribution in [0.1, 0.15) is 58.7 Å². The Hall–Kier alpha value is -2.18. The van der Waals surface area contributed by atoms with E-state index in [9.17, 15) is 9.90 Å². The molecule has 6 heteroatoms. The fourth-order valence-electron chi connectivity index (χ4n) is 4.57. The number of nitrogens with zero attached hydrogens (tertiary/aromatic N) is 2. The first-order valence-electron chi connectivity index (χ1n) is 11.9. The number of hydrogen-bond donors (Lipinski definition) is 2. The molecule has 1 saturated heterocycles. The summed E-state index contributed by atoms with van der Waals surface area (Å²) in [6.07, 6.45) is 0.853. The first-order chi connectivity index (χ1) is 15.5. The van der Waals surface area contributed by atoms with E-state index in [2.05, 4.69) is 75.8 Å². The molecule has 180 valence electrons. The highest BCUT2D eigenvalue weighted by molar-refractivity contribution is 7.13. The van der Waals surface area contributed by atoms with Crippen molar-refractivity contribution >= 4 is 17.2 Å². The van der Waals surface area contributed by atoms with Crippen molar-refractivity contribution in [3.05, 3.63) is 53.3 Å². The topological polar surface area (TPSA) is 65.5 Å². The highest BCUT2D eigenvalue weighted by Crippen LogP contribution is 2.36. The quantitative estimate of drug-likeness (QED) is 0.544. The molecule has 0 saturated carbocycles. The molecule has 1 aliphatic rings. The Labute approximate surface area is 202 Å². The van der Waals surface area contributed by atoms with Crippen molar-refractivity contribution in [2.75, 3.05) is 6.54 Å². The van der Waals surface area contributed by atoms with Crippen LogP contribution >= 0.6 is 11.3 Å². The molecule has 1 fully saturated rings. The lowest BCUT2D eigenvalue weighted by molar-refractivity contribution is -0.140. The fraction of sp³-hybridized carbons (Fsp3) is 0.556. The maximum Gasteiger partial charge on any atom is 0.226 e. The predicted molar refractivity (Wildman–Crippen MR) is 137 cm³/mol. The van der Waals surface area contributed by atoms with Crippen LogP contribution in [0.4, 0.5) is 0 Å². The molecule has 0 unspecified atom stereocenters. The van der Waals surface area contributed by atoms with Gasteiger partial charge in [-0.1, -0.05) is 65.5 Å². The Morgan fingerprint density at radius 3 is 2.52 bits per heavy atom. The van der Waals surface area contributed by atoms with E-state index in [1.165, 1.54) is 10.4 Å². The van der Waals surface area contributed by atoms with Crippen LogP contribution in [0.2, 0.25) is 0 Å². The zero-order valence-corrected chi connectivity index (χ0v) is 21.7. The second kappa shape index (κ2) is 10.4. The van der Waals surface area contributed by atoms with Crippen LogP contribution in [-0.4, -0.2) is 39.6 Å². The summed E-state index contributed by atoms with van der Waals surface area (Å²) in [7, 11) is 0. The highest BCUT2D eigenvalue weighted by Gasteiger charge is 2.42. The van der Waals surface area contributed by atoms with E-state index in [0.29, 0.717) is 25.4 Å². The SMILES string of the molecule is C=C(NCc1ccc(-c2scnc2C)cc1)[C@@H]1C[C@H](O)CN1C(=O)[C@@H](CC(C)C)C(C)(C)C. The lowest BCUT2D eigenvalue weighted by atomic mass is 9.75. The Bertz CT molecular complexity index is 958. The average Bonchev–Trinajstić information content (AvgIpc) is 3.35. The molecule has 1 aliphatic heterocycles. The minimum absolute atomic E-state index is 0.0826. The van der Waals surface area contributed by atoms with Crippen LogP contribution in [0.15, 0.2) is 42.1 Å². The van der Waals surface area contributed by atoms with E-state index in [4.69, 9.17) is 0 Å². The molecule has 0 bridgehead atoms. The number of aliphatic hydroxyl groups is 1. The van der Waals surface area contributed by atoms with E-state index in [1.807, 2.05) is 17.3 Å². The van der Waals surface area contributed by atoms with Gasteiger partial charge < -0.3 is 15.3 Å². The van der Waals surface area contributed by atoms with Gasteiger partial charge in [-0.2, -0.15) is 0 Å². The maximum atomic E-state index is 13.6. The Kier molecular flexibility index (Phi) is 8.01. The molecule has 3 atom stereocenters. The van der Waals surface area contributed by atoms with Gasteiger partial charge in [0.25, 0.3) is 0 Å². The monoisotopic (exact) mass is 469 g/mol. The first kappa shape index (κ1) is 25.4. The summed E-state index contributed by atoms with van der Waals surface area (Å²) in [4.78, 5) is 21.0. The van der Waals surface area contributed by atoms with Crippen LogP contribution in [0.3, 0.4) is 0 Å². The molecule has 1 amide bonds. The summed E-state index contributed by atoms with van der Waals surface area (Å²) >= 11 is 1.65. The normalized spacial score (nSPS) is 19.7. The van der Waals surface area contributed by atoms with Gasteiger partial charge in [-0.15, -0.1) is 11.3 Å². The lowest BCUT2D eigenvalue weighted by Crippen LogP contribution is -2.46. The largest absolute Gasteiger partial charge is 0.391 e. The van der Waals surface area contributed by atoms with E-state index in [1.54, 1.807) is 11.3 Å². The summed E-state index contributed by atoms with van der Waals surface area (Å²) in [6.45, 7) is 18.0. The zero-order valence-electron chi connectivity index (χ0n) is 20.9. The molecule has 1 aromatic carbocycles. The summed E-state index contributed by atoms with van der Waals surface area (Å²) in [5, 5.41) is 13.8. The van der Waals surface area contributed by atoms with Gasteiger partial charge in [0.1, 0.15) is 0 Å². The third-order valence-electron chi connectivity index (χ3n) is 6.50. The molecular weight excluding hydrogens is 430 g/mol. The van der Waals surface area contributed by atoms with Crippen LogP contribution < -0.4 is 5.32 Å². The summed E-state index contributed by atoms with van der Waals surface area (Å²) < 4.78 is 0. The summed E-state index contributed by atoms with van der Waals surface area (Å²) in [6, 6.07) is 8.27. The number of aliphatic hydroxyl groups excluding tert-OH is 1. The molecular formula is C27H39N3O2S. The van der Waals surface area contributed by atoms with E-state index < -0.39 is 6.10 Å². The number of nitrogens with one attached hydrogen (secondary N) is 1. The van der Waals surface area contributed by atoms with Crippen molar-refractivity contribution in [2.24, 2.45) is 17.3 Å². The Morgan fingerprint density at radius 2 is 1.97 bits per heavy atom. The average molecular weight is 470 g/mol.